The molecule has 1 rings (SSSR count). The van der Waals surface area contributed by atoms with Crippen LogP contribution in [0, 0.1) is 0 Å². The summed E-state index contributed by atoms with van der Waals surface area (Å²) in [6.45, 7) is -0.727. The Balaban J connectivity index is 2.21. The number of hydrogen-bond acceptors (Lipinski definition) is 3. The zero-order chi connectivity index (χ0) is 12.9. The maximum absolute atomic E-state index is 11.8. The molecule has 7 heteroatoms. The molecule has 1 aliphatic rings. The summed E-state index contributed by atoms with van der Waals surface area (Å²) in [6.07, 6.45) is -2.73. The van der Waals surface area contributed by atoms with Gasteiger partial charge in [0, 0.05) is 19.1 Å². The Morgan fingerprint density at radius 2 is 2.00 bits per heavy atom. The van der Waals surface area contributed by atoms with E-state index in [1.54, 1.807) is 4.90 Å². The summed E-state index contributed by atoms with van der Waals surface area (Å²) in [4.78, 5) is 13.0. The molecule has 1 heterocycles. The molecule has 1 fully saturated rings. The van der Waals surface area contributed by atoms with Crippen molar-refractivity contribution < 1.29 is 22.7 Å². The van der Waals surface area contributed by atoms with Gasteiger partial charge < -0.3 is 15.0 Å². The van der Waals surface area contributed by atoms with E-state index in [4.69, 9.17) is 0 Å². The molecule has 0 aromatic rings. The van der Waals surface area contributed by atoms with Gasteiger partial charge in [0.1, 0.15) is 13.2 Å². The standard InChI is InChI=1S/C10H17F3N2O2/c1-14-8-2-4-15(5-3-8)9(16)6-17-7-10(11,12)13/h8,14H,2-7H2,1H3. The lowest BCUT2D eigenvalue weighted by Gasteiger charge is -2.31. The van der Waals surface area contributed by atoms with Gasteiger partial charge in [0.15, 0.2) is 0 Å². The number of carbonyl (C=O) groups excluding carboxylic acids is 1. The third-order valence-corrected chi connectivity index (χ3v) is 2.75. The van der Waals surface area contributed by atoms with Crippen molar-refractivity contribution in [2.24, 2.45) is 0 Å². The summed E-state index contributed by atoms with van der Waals surface area (Å²) in [5, 5.41) is 3.11. The molecule has 1 saturated heterocycles. The van der Waals surface area contributed by atoms with Crippen molar-refractivity contribution in [2.75, 3.05) is 33.4 Å². The van der Waals surface area contributed by atoms with Gasteiger partial charge in [-0.3, -0.25) is 4.79 Å². The number of carbonyl (C=O) groups is 1. The lowest BCUT2D eigenvalue weighted by atomic mass is 10.1. The summed E-state index contributed by atoms with van der Waals surface area (Å²) in [5.74, 6) is -0.371. The van der Waals surface area contributed by atoms with Gasteiger partial charge >= 0.3 is 6.18 Å². The number of ether oxygens (including phenoxy) is 1. The van der Waals surface area contributed by atoms with E-state index in [-0.39, 0.29) is 5.91 Å². The third kappa shape index (κ3) is 5.36. The number of amides is 1. The van der Waals surface area contributed by atoms with Crippen LogP contribution in [0.3, 0.4) is 0 Å². The average molecular weight is 254 g/mol. The van der Waals surface area contributed by atoms with Crippen molar-refractivity contribution in [1.82, 2.24) is 10.2 Å². The first kappa shape index (κ1) is 14.2. The molecule has 4 nitrogen and oxygen atoms in total. The van der Waals surface area contributed by atoms with Crippen LogP contribution < -0.4 is 5.32 Å². The lowest BCUT2D eigenvalue weighted by Crippen LogP contribution is -2.45. The van der Waals surface area contributed by atoms with Gasteiger partial charge in [-0.05, 0) is 19.9 Å². The van der Waals surface area contributed by atoms with Crippen LogP contribution in [-0.4, -0.2) is 56.4 Å². The first-order valence-corrected chi connectivity index (χ1v) is 5.52. The minimum atomic E-state index is -4.38. The zero-order valence-corrected chi connectivity index (χ0v) is 9.72. The molecule has 0 aromatic carbocycles. The van der Waals surface area contributed by atoms with Crippen LogP contribution in [0.15, 0.2) is 0 Å². The van der Waals surface area contributed by atoms with Crippen LogP contribution >= 0.6 is 0 Å². The van der Waals surface area contributed by atoms with E-state index in [2.05, 4.69) is 10.1 Å². The second-order valence-electron chi connectivity index (χ2n) is 4.05. The van der Waals surface area contributed by atoms with Crippen LogP contribution in [0.4, 0.5) is 13.2 Å². The van der Waals surface area contributed by atoms with E-state index >= 15 is 0 Å². The molecule has 0 bridgehead atoms. The molecule has 17 heavy (non-hydrogen) atoms. The van der Waals surface area contributed by atoms with E-state index in [1.807, 2.05) is 7.05 Å². The number of alkyl halides is 3. The molecule has 100 valence electrons. The molecule has 0 spiro atoms. The van der Waals surface area contributed by atoms with Crippen LogP contribution in [0.1, 0.15) is 12.8 Å². The molecule has 0 unspecified atom stereocenters. The fourth-order valence-corrected chi connectivity index (χ4v) is 1.76. The number of nitrogens with one attached hydrogen (secondary N) is 1. The largest absolute Gasteiger partial charge is 0.411 e. The van der Waals surface area contributed by atoms with Gasteiger partial charge in [0.05, 0.1) is 0 Å². The number of likely N-dealkylation sites (tertiary alicyclic amines) is 1. The molecule has 0 aromatic heterocycles. The molecule has 0 atom stereocenters. The van der Waals surface area contributed by atoms with Crippen molar-refractivity contribution in [3.63, 3.8) is 0 Å². The summed E-state index contributed by atoms with van der Waals surface area (Å²) in [6, 6.07) is 0.384. The van der Waals surface area contributed by atoms with Gasteiger partial charge in [0.2, 0.25) is 5.91 Å². The summed E-state index contributed by atoms with van der Waals surface area (Å²) >= 11 is 0. The molecule has 1 N–H and O–H groups in total. The van der Waals surface area contributed by atoms with Gasteiger partial charge in [-0.2, -0.15) is 13.2 Å². The topological polar surface area (TPSA) is 41.6 Å². The number of piperidine rings is 1. The van der Waals surface area contributed by atoms with Gasteiger partial charge in [0.25, 0.3) is 0 Å². The molecule has 0 saturated carbocycles. The van der Waals surface area contributed by atoms with E-state index in [0.717, 1.165) is 12.8 Å². The average Bonchev–Trinajstić information content (AvgIpc) is 2.27. The Hall–Kier alpha value is -0.820. The number of rotatable bonds is 4. The summed E-state index contributed by atoms with van der Waals surface area (Å²) in [7, 11) is 1.86. The maximum Gasteiger partial charge on any atom is 0.411 e. The van der Waals surface area contributed by atoms with Crippen molar-refractivity contribution in [3.8, 4) is 0 Å². The van der Waals surface area contributed by atoms with Gasteiger partial charge in [-0.1, -0.05) is 0 Å². The zero-order valence-electron chi connectivity index (χ0n) is 9.72. The van der Waals surface area contributed by atoms with Crippen molar-refractivity contribution in [2.45, 2.75) is 25.1 Å². The number of hydrogen-bond donors (Lipinski definition) is 1. The van der Waals surface area contributed by atoms with Crippen LogP contribution in [0.2, 0.25) is 0 Å². The van der Waals surface area contributed by atoms with Crippen LogP contribution in [0.25, 0.3) is 0 Å². The highest BCUT2D eigenvalue weighted by atomic mass is 19.4. The Bertz CT molecular complexity index is 250. The predicted octanol–water partition coefficient (Wildman–Crippen LogP) is 0.776. The Labute approximate surface area is 98.1 Å². The van der Waals surface area contributed by atoms with E-state index in [1.165, 1.54) is 0 Å². The normalized spacial score (nSPS) is 18.5. The Morgan fingerprint density at radius 1 is 1.41 bits per heavy atom. The predicted molar refractivity (Wildman–Crippen MR) is 55.5 cm³/mol. The monoisotopic (exact) mass is 254 g/mol. The molecule has 1 aliphatic heterocycles. The minimum absolute atomic E-state index is 0.371. The SMILES string of the molecule is CNC1CCN(C(=O)COCC(F)(F)F)CC1. The fraction of sp³-hybridized carbons (Fsp3) is 0.900. The first-order chi connectivity index (χ1) is 7.92. The quantitative estimate of drug-likeness (QED) is 0.806. The summed E-state index contributed by atoms with van der Waals surface area (Å²) in [5.41, 5.74) is 0. The Kier molecular flexibility index (Phi) is 5.20. The second kappa shape index (κ2) is 6.20. The van der Waals surface area contributed by atoms with E-state index < -0.39 is 19.4 Å². The highest BCUT2D eigenvalue weighted by Crippen LogP contribution is 2.15. The molecular formula is C10H17F3N2O2. The second-order valence-corrected chi connectivity index (χ2v) is 4.05. The van der Waals surface area contributed by atoms with Gasteiger partial charge in [-0.15, -0.1) is 0 Å². The van der Waals surface area contributed by atoms with E-state index in [0.29, 0.717) is 19.1 Å². The van der Waals surface area contributed by atoms with Crippen LogP contribution in [0.5, 0.6) is 0 Å². The lowest BCUT2D eigenvalue weighted by molar-refractivity contribution is -0.178. The highest BCUT2D eigenvalue weighted by Gasteiger charge is 2.28. The Morgan fingerprint density at radius 3 is 2.47 bits per heavy atom. The third-order valence-electron chi connectivity index (χ3n) is 2.75. The number of halogens is 3. The van der Waals surface area contributed by atoms with Crippen molar-refractivity contribution in [1.29, 1.82) is 0 Å². The first-order valence-electron chi connectivity index (χ1n) is 5.52. The minimum Gasteiger partial charge on any atom is -0.362 e. The molecule has 0 aliphatic carbocycles. The van der Waals surface area contributed by atoms with E-state index in [9.17, 15) is 18.0 Å². The molecule has 1 amide bonds. The van der Waals surface area contributed by atoms with Crippen molar-refractivity contribution in [3.05, 3.63) is 0 Å². The smallest absolute Gasteiger partial charge is 0.362 e. The maximum atomic E-state index is 11.8. The molecule has 0 radical (unpaired) electrons. The number of nitrogens with zero attached hydrogens (tertiary/aromatic N) is 1. The highest BCUT2D eigenvalue weighted by molar-refractivity contribution is 5.77. The van der Waals surface area contributed by atoms with Crippen molar-refractivity contribution >= 4 is 5.91 Å². The van der Waals surface area contributed by atoms with Gasteiger partial charge in [-0.25, -0.2) is 0 Å². The molecular weight excluding hydrogens is 237 g/mol. The fourth-order valence-electron chi connectivity index (χ4n) is 1.76. The summed E-state index contributed by atoms with van der Waals surface area (Å²) < 4.78 is 39.7. The van der Waals surface area contributed by atoms with Crippen LogP contribution in [-0.2, 0) is 9.53 Å².